The smallest absolute Gasteiger partial charge is 0.325 e. The van der Waals surface area contributed by atoms with Crippen molar-refractivity contribution in [3.63, 3.8) is 0 Å². The molecule has 1 saturated heterocycles. The van der Waals surface area contributed by atoms with Crippen molar-refractivity contribution >= 4 is 33.4 Å². The maximum absolute atomic E-state index is 13.5. The number of carbonyl (C=O) groups is 1. The van der Waals surface area contributed by atoms with Gasteiger partial charge in [0, 0.05) is 37.2 Å². The Balaban J connectivity index is 1.36. The maximum atomic E-state index is 13.5. The van der Waals surface area contributed by atoms with Crippen LogP contribution in [-0.2, 0) is 10.7 Å². The predicted octanol–water partition coefficient (Wildman–Crippen LogP) is 4.63. The molecular formula is C22H24BrF2N5O3. The number of nitrogens with zero attached hydrogens (tertiary/aromatic N) is 5. The molecule has 2 aromatic heterocycles. The summed E-state index contributed by atoms with van der Waals surface area (Å²) in [7, 11) is 0. The van der Waals surface area contributed by atoms with Crippen molar-refractivity contribution in [2.75, 3.05) is 37.7 Å². The molecule has 0 radical (unpaired) electrons. The highest BCUT2D eigenvalue weighted by Gasteiger charge is 2.48. The Morgan fingerprint density at radius 2 is 2.09 bits per heavy atom. The van der Waals surface area contributed by atoms with Gasteiger partial charge in [-0.15, -0.1) is 0 Å². The molecule has 2 aromatic rings. The Hall–Kier alpha value is -2.40. The molecule has 2 fully saturated rings. The van der Waals surface area contributed by atoms with Gasteiger partial charge in [-0.05, 0) is 48.8 Å². The number of hydrogen-bond donors (Lipinski definition) is 0. The van der Waals surface area contributed by atoms with E-state index in [2.05, 4.69) is 31.1 Å². The molecule has 6 rings (SSSR count). The molecule has 176 valence electrons. The van der Waals surface area contributed by atoms with Crippen LogP contribution in [0.3, 0.4) is 0 Å². The molecule has 1 aliphatic heterocycles. The average Bonchev–Trinajstić information content (AvgIpc) is 3.28. The van der Waals surface area contributed by atoms with Crippen LogP contribution < -0.4 is 4.90 Å². The Kier molecular flexibility index (Phi) is 5.72. The molecular weight excluding hydrogens is 500 g/mol. The number of alkyl halides is 2. The van der Waals surface area contributed by atoms with Crippen LogP contribution in [0.15, 0.2) is 32.9 Å². The summed E-state index contributed by atoms with van der Waals surface area (Å²) in [6, 6.07) is 3.61. The van der Waals surface area contributed by atoms with Crippen molar-refractivity contribution in [3.05, 3.63) is 40.1 Å². The van der Waals surface area contributed by atoms with E-state index in [1.54, 1.807) is 16.0 Å². The molecule has 0 spiro atoms. The van der Waals surface area contributed by atoms with Crippen molar-refractivity contribution in [2.24, 2.45) is 5.41 Å². The molecule has 0 aromatic carbocycles. The highest BCUT2D eigenvalue weighted by atomic mass is 79.9. The van der Waals surface area contributed by atoms with Crippen LogP contribution >= 0.6 is 15.9 Å². The summed E-state index contributed by atoms with van der Waals surface area (Å²) in [4.78, 5) is 25.4. The second-order valence-electron chi connectivity index (χ2n) is 9.05. The summed E-state index contributed by atoms with van der Waals surface area (Å²) >= 11 is 3.48. The SMILES string of the molecule is CC(F)(F)c1nc(C2=C3CC(CN(C(=O)N4CCOCC4)c4cc(Br)ccn4)(CC2)C3)no1. The van der Waals surface area contributed by atoms with Crippen LogP contribution in [0.25, 0.3) is 5.57 Å². The van der Waals surface area contributed by atoms with Gasteiger partial charge in [0.05, 0.1) is 13.2 Å². The summed E-state index contributed by atoms with van der Waals surface area (Å²) in [6.07, 6.45) is 4.69. The zero-order valence-corrected chi connectivity index (χ0v) is 19.8. The second-order valence-corrected chi connectivity index (χ2v) is 9.96. The topological polar surface area (TPSA) is 84.6 Å². The second kappa shape index (κ2) is 8.43. The minimum absolute atomic E-state index is 0.0745. The minimum atomic E-state index is -3.16. The molecule has 3 aliphatic carbocycles. The third-order valence-corrected chi connectivity index (χ3v) is 7.06. The first-order valence-electron chi connectivity index (χ1n) is 10.9. The molecule has 0 atom stereocenters. The van der Waals surface area contributed by atoms with Crippen molar-refractivity contribution in [3.8, 4) is 0 Å². The number of anilines is 1. The van der Waals surface area contributed by atoms with Gasteiger partial charge in [-0.3, -0.25) is 4.90 Å². The van der Waals surface area contributed by atoms with E-state index in [9.17, 15) is 13.6 Å². The zero-order chi connectivity index (χ0) is 23.2. The van der Waals surface area contributed by atoms with E-state index in [1.165, 1.54) is 0 Å². The summed E-state index contributed by atoms with van der Waals surface area (Å²) in [5.41, 5.74) is 1.96. The predicted molar refractivity (Wildman–Crippen MR) is 119 cm³/mol. The largest absolute Gasteiger partial charge is 0.378 e. The monoisotopic (exact) mass is 523 g/mol. The van der Waals surface area contributed by atoms with Gasteiger partial charge in [-0.25, -0.2) is 9.78 Å². The highest BCUT2D eigenvalue weighted by Crippen LogP contribution is 2.57. The summed E-state index contributed by atoms with van der Waals surface area (Å²) in [6.45, 7) is 3.43. The van der Waals surface area contributed by atoms with Crippen LogP contribution in [0.2, 0.25) is 0 Å². The number of rotatable bonds is 5. The van der Waals surface area contributed by atoms with Crippen molar-refractivity contribution in [1.29, 1.82) is 0 Å². The third kappa shape index (κ3) is 4.40. The van der Waals surface area contributed by atoms with E-state index in [1.807, 2.05) is 12.1 Å². The molecule has 2 bridgehead atoms. The van der Waals surface area contributed by atoms with E-state index in [-0.39, 0.29) is 17.3 Å². The number of amides is 2. The van der Waals surface area contributed by atoms with Crippen LogP contribution in [0.4, 0.5) is 19.4 Å². The Labute approximate surface area is 198 Å². The molecule has 4 aliphatic rings. The van der Waals surface area contributed by atoms with Gasteiger partial charge in [0.25, 0.3) is 5.89 Å². The van der Waals surface area contributed by atoms with Crippen LogP contribution in [0.1, 0.15) is 44.3 Å². The number of morpholine rings is 1. The molecule has 33 heavy (non-hydrogen) atoms. The molecule has 3 heterocycles. The summed E-state index contributed by atoms with van der Waals surface area (Å²) in [5.74, 6) is -2.97. The van der Waals surface area contributed by atoms with Gasteiger partial charge >= 0.3 is 12.0 Å². The lowest BCUT2D eigenvalue weighted by Crippen LogP contribution is -2.54. The number of allylic oxidation sites excluding steroid dienone is 2. The first-order valence-corrected chi connectivity index (χ1v) is 11.7. The van der Waals surface area contributed by atoms with Gasteiger partial charge < -0.3 is 14.2 Å². The van der Waals surface area contributed by atoms with Crippen LogP contribution in [0.5, 0.6) is 0 Å². The lowest BCUT2D eigenvalue weighted by Gasteiger charge is -2.51. The average molecular weight is 524 g/mol. The van der Waals surface area contributed by atoms with E-state index in [0.717, 1.165) is 41.8 Å². The van der Waals surface area contributed by atoms with E-state index in [0.29, 0.717) is 45.1 Å². The Bertz CT molecular complexity index is 1090. The number of urea groups is 1. The number of hydrogen-bond acceptors (Lipinski definition) is 6. The fourth-order valence-electron chi connectivity index (χ4n) is 4.84. The molecule has 2 amide bonds. The third-order valence-electron chi connectivity index (χ3n) is 6.57. The highest BCUT2D eigenvalue weighted by molar-refractivity contribution is 9.10. The van der Waals surface area contributed by atoms with Crippen LogP contribution in [-0.4, -0.2) is 58.9 Å². The van der Waals surface area contributed by atoms with Gasteiger partial charge in [0.2, 0.25) is 0 Å². The molecule has 0 N–H and O–H groups in total. The quantitative estimate of drug-likeness (QED) is 0.568. The Morgan fingerprint density at radius 1 is 1.33 bits per heavy atom. The van der Waals surface area contributed by atoms with Gasteiger partial charge in [-0.1, -0.05) is 26.7 Å². The number of pyridine rings is 1. The number of ether oxygens (including phenoxy) is 1. The van der Waals surface area contributed by atoms with Crippen molar-refractivity contribution < 1.29 is 22.8 Å². The maximum Gasteiger partial charge on any atom is 0.325 e. The first-order chi connectivity index (χ1) is 15.7. The fraction of sp³-hybridized carbons (Fsp3) is 0.545. The summed E-state index contributed by atoms with van der Waals surface area (Å²) in [5, 5.41) is 3.79. The Morgan fingerprint density at radius 3 is 2.70 bits per heavy atom. The van der Waals surface area contributed by atoms with E-state index in [4.69, 9.17) is 9.26 Å². The molecule has 1 saturated carbocycles. The van der Waals surface area contributed by atoms with Crippen molar-refractivity contribution in [1.82, 2.24) is 20.0 Å². The number of aromatic nitrogens is 3. The normalized spacial score (nSPS) is 19.9. The van der Waals surface area contributed by atoms with Gasteiger partial charge in [0.15, 0.2) is 5.82 Å². The lowest BCUT2D eigenvalue weighted by atomic mass is 9.57. The number of fused-ring (bicyclic) bond motifs is 2. The molecule has 8 nitrogen and oxygen atoms in total. The number of carbonyl (C=O) groups excluding carboxylic acids is 1. The summed E-state index contributed by atoms with van der Waals surface area (Å²) < 4.78 is 38.0. The standard InChI is InChI=1S/C22H24BrF2N5O3/c1-21(24,25)19-27-18(28-33-19)16-2-4-22(11-14(16)12-22)13-30(17-10-15(23)3-5-26-17)20(31)29-6-8-32-9-7-29/h3,5,10H,2,4,6-9,11-13H2,1H3. The number of halogens is 3. The lowest BCUT2D eigenvalue weighted by molar-refractivity contribution is -0.0158. The first kappa shape index (κ1) is 22.4. The van der Waals surface area contributed by atoms with Crippen LogP contribution in [0, 0.1) is 5.41 Å². The fourth-order valence-corrected chi connectivity index (χ4v) is 5.17. The molecule has 0 unspecified atom stereocenters. The zero-order valence-electron chi connectivity index (χ0n) is 18.2. The van der Waals surface area contributed by atoms with Gasteiger partial charge in [-0.2, -0.15) is 13.8 Å². The van der Waals surface area contributed by atoms with Gasteiger partial charge in [0.1, 0.15) is 5.82 Å². The van der Waals surface area contributed by atoms with Crippen molar-refractivity contribution in [2.45, 2.75) is 38.5 Å². The van der Waals surface area contributed by atoms with E-state index >= 15 is 0 Å². The van der Waals surface area contributed by atoms with E-state index < -0.39 is 11.8 Å². The minimum Gasteiger partial charge on any atom is -0.378 e. The molecule has 11 heteroatoms.